The Balaban J connectivity index is 1.62. The fourth-order valence-electron chi connectivity index (χ4n) is 3.12. The van der Waals surface area contributed by atoms with Crippen molar-refractivity contribution in [2.75, 3.05) is 13.2 Å². The Morgan fingerprint density at radius 2 is 1.25 bits per heavy atom. The van der Waals surface area contributed by atoms with Gasteiger partial charge in [0, 0.05) is 0 Å². The molecule has 0 unspecified atom stereocenters. The highest BCUT2D eigenvalue weighted by molar-refractivity contribution is 5.64. The highest BCUT2D eigenvalue weighted by atomic mass is 19.3. The first kappa shape index (κ1) is 23.4. The van der Waals surface area contributed by atoms with E-state index in [-0.39, 0.29) is 18.1 Å². The lowest BCUT2D eigenvalue weighted by Gasteiger charge is -2.19. The summed E-state index contributed by atoms with van der Waals surface area (Å²) in [7, 11) is 0. The molecule has 32 heavy (non-hydrogen) atoms. The van der Waals surface area contributed by atoms with Gasteiger partial charge in [0.05, 0.1) is 6.61 Å². The van der Waals surface area contributed by atoms with Gasteiger partial charge in [-0.25, -0.2) is 0 Å². The van der Waals surface area contributed by atoms with E-state index in [0.717, 1.165) is 36.1 Å². The average molecular weight is 448 g/mol. The zero-order valence-corrected chi connectivity index (χ0v) is 17.8. The molecular formula is C25H24F4O3. The highest BCUT2D eigenvalue weighted by Gasteiger charge is 2.34. The molecule has 0 amide bonds. The minimum atomic E-state index is -3.76. The topological polar surface area (TPSA) is 27.7 Å². The van der Waals surface area contributed by atoms with Gasteiger partial charge in [0.1, 0.15) is 5.75 Å². The van der Waals surface area contributed by atoms with Gasteiger partial charge >= 0.3 is 6.11 Å². The molecule has 0 aliphatic carbocycles. The van der Waals surface area contributed by atoms with Crippen molar-refractivity contribution in [1.29, 1.82) is 0 Å². The number of ether oxygens (including phenoxy) is 3. The number of rotatable bonds is 10. The normalized spacial score (nSPS) is 11.3. The van der Waals surface area contributed by atoms with Crippen LogP contribution in [0.2, 0.25) is 0 Å². The van der Waals surface area contributed by atoms with Gasteiger partial charge in [-0.05, 0) is 54.3 Å². The van der Waals surface area contributed by atoms with Crippen LogP contribution in [0.5, 0.6) is 17.2 Å². The molecule has 170 valence electrons. The predicted molar refractivity (Wildman–Crippen MR) is 114 cm³/mol. The Morgan fingerprint density at radius 1 is 0.719 bits per heavy atom. The quantitative estimate of drug-likeness (QED) is 0.312. The maximum absolute atomic E-state index is 14.2. The van der Waals surface area contributed by atoms with Crippen LogP contribution in [-0.4, -0.2) is 19.3 Å². The molecule has 3 aromatic carbocycles. The lowest BCUT2D eigenvalue weighted by Crippen LogP contribution is -2.32. The summed E-state index contributed by atoms with van der Waals surface area (Å²) in [4.78, 5) is 0. The molecular weight excluding hydrogens is 424 g/mol. The summed E-state index contributed by atoms with van der Waals surface area (Å²) in [5.74, 6) is -3.76. The van der Waals surface area contributed by atoms with E-state index in [4.69, 9.17) is 14.2 Å². The van der Waals surface area contributed by atoms with Crippen molar-refractivity contribution in [2.24, 2.45) is 0 Å². The third-order valence-corrected chi connectivity index (χ3v) is 4.65. The first-order valence-corrected chi connectivity index (χ1v) is 10.3. The Morgan fingerprint density at radius 3 is 1.78 bits per heavy atom. The molecule has 0 aliphatic heterocycles. The van der Waals surface area contributed by atoms with Crippen LogP contribution in [0, 0.1) is 11.6 Å². The van der Waals surface area contributed by atoms with Crippen LogP contribution >= 0.6 is 0 Å². The SMILES string of the molecule is CCCc1ccc(-c2ccc(OC(F)(F)COc3ccc(OCC)c(F)c3F)cc2)cc1. The Labute approximate surface area is 184 Å². The van der Waals surface area contributed by atoms with Crippen LogP contribution in [-0.2, 0) is 6.42 Å². The van der Waals surface area contributed by atoms with Crippen molar-refractivity contribution in [3.8, 4) is 28.4 Å². The van der Waals surface area contributed by atoms with E-state index in [9.17, 15) is 17.6 Å². The lowest BCUT2D eigenvalue weighted by atomic mass is 10.0. The van der Waals surface area contributed by atoms with Crippen LogP contribution in [0.15, 0.2) is 60.7 Å². The molecule has 3 nitrogen and oxygen atoms in total. The number of benzene rings is 3. The fourth-order valence-corrected chi connectivity index (χ4v) is 3.12. The van der Waals surface area contributed by atoms with E-state index in [1.165, 1.54) is 17.7 Å². The third-order valence-electron chi connectivity index (χ3n) is 4.65. The third kappa shape index (κ3) is 5.93. The summed E-state index contributed by atoms with van der Waals surface area (Å²) >= 11 is 0. The van der Waals surface area contributed by atoms with Crippen LogP contribution in [0.4, 0.5) is 17.6 Å². The molecule has 0 N–H and O–H groups in total. The van der Waals surface area contributed by atoms with Gasteiger partial charge < -0.3 is 14.2 Å². The summed E-state index contributed by atoms with van der Waals surface area (Å²) in [6.07, 6.45) is -1.70. The van der Waals surface area contributed by atoms with Crippen LogP contribution in [0.1, 0.15) is 25.8 Å². The van der Waals surface area contributed by atoms with Gasteiger partial charge in [0.15, 0.2) is 18.1 Å². The van der Waals surface area contributed by atoms with Gasteiger partial charge in [-0.3, -0.25) is 0 Å². The molecule has 0 radical (unpaired) electrons. The second kappa shape index (κ2) is 10.4. The van der Waals surface area contributed by atoms with Crippen LogP contribution in [0.25, 0.3) is 11.1 Å². The molecule has 0 saturated carbocycles. The molecule has 3 aromatic rings. The second-order valence-electron chi connectivity index (χ2n) is 7.12. The van der Waals surface area contributed by atoms with E-state index in [1.807, 2.05) is 24.3 Å². The molecule has 0 aromatic heterocycles. The number of aryl methyl sites for hydroxylation is 1. The van der Waals surface area contributed by atoms with E-state index >= 15 is 0 Å². The first-order chi connectivity index (χ1) is 15.3. The highest BCUT2D eigenvalue weighted by Crippen LogP contribution is 2.30. The molecule has 0 saturated heterocycles. The van der Waals surface area contributed by atoms with Crippen molar-refractivity contribution < 1.29 is 31.8 Å². The molecule has 0 aliphatic rings. The molecule has 0 bridgehead atoms. The van der Waals surface area contributed by atoms with Crippen molar-refractivity contribution in [3.63, 3.8) is 0 Å². The maximum Gasteiger partial charge on any atom is 0.432 e. The largest absolute Gasteiger partial charge is 0.491 e. The van der Waals surface area contributed by atoms with Crippen molar-refractivity contribution >= 4 is 0 Å². The molecule has 0 fully saturated rings. The Bertz CT molecular complexity index is 1020. The molecule has 0 atom stereocenters. The van der Waals surface area contributed by atoms with Crippen molar-refractivity contribution in [3.05, 3.63) is 77.9 Å². The minimum Gasteiger partial charge on any atom is -0.491 e. The number of hydrogen-bond acceptors (Lipinski definition) is 3. The van der Waals surface area contributed by atoms with Crippen molar-refractivity contribution in [1.82, 2.24) is 0 Å². The van der Waals surface area contributed by atoms with Gasteiger partial charge in [-0.2, -0.15) is 17.6 Å². The second-order valence-corrected chi connectivity index (χ2v) is 7.12. The number of halogens is 4. The molecule has 0 spiro atoms. The smallest absolute Gasteiger partial charge is 0.432 e. The maximum atomic E-state index is 14.2. The molecule has 3 rings (SSSR count). The van der Waals surface area contributed by atoms with Gasteiger partial charge in [0.25, 0.3) is 0 Å². The monoisotopic (exact) mass is 448 g/mol. The standard InChI is InChI=1S/C25H24F4O3/c1-3-5-17-6-8-18(9-7-17)19-10-12-20(13-11-19)32-25(28,29)16-31-22-15-14-21(30-4-2)23(26)24(22)27/h6-15H,3-5,16H2,1-2H3. The van der Waals surface area contributed by atoms with Gasteiger partial charge in [-0.15, -0.1) is 0 Å². The summed E-state index contributed by atoms with van der Waals surface area (Å²) < 4.78 is 70.6. The number of alkyl halides is 2. The number of hydrogen-bond donors (Lipinski definition) is 0. The van der Waals surface area contributed by atoms with Gasteiger partial charge in [0.2, 0.25) is 11.6 Å². The summed E-state index contributed by atoms with van der Waals surface area (Å²) in [6, 6.07) is 16.4. The summed E-state index contributed by atoms with van der Waals surface area (Å²) in [5.41, 5.74) is 3.05. The van der Waals surface area contributed by atoms with E-state index < -0.39 is 30.1 Å². The lowest BCUT2D eigenvalue weighted by molar-refractivity contribution is -0.195. The first-order valence-electron chi connectivity index (χ1n) is 10.3. The van der Waals surface area contributed by atoms with Gasteiger partial charge in [-0.1, -0.05) is 49.7 Å². The zero-order chi connectivity index (χ0) is 23.1. The van der Waals surface area contributed by atoms with E-state index in [2.05, 4.69) is 6.92 Å². The summed E-state index contributed by atoms with van der Waals surface area (Å²) in [5, 5.41) is 0. The summed E-state index contributed by atoms with van der Waals surface area (Å²) in [6.45, 7) is 2.55. The molecule has 7 heteroatoms. The zero-order valence-electron chi connectivity index (χ0n) is 17.8. The Kier molecular flexibility index (Phi) is 7.62. The van der Waals surface area contributed by atoms with Crippen LogP contribution < -0.4 is 14.2 Å². The minimum absolute atomic E-state index is 0.0803. The van der Waals surface area contributed by atoms with E-state index in [1.54, 1.807) is 19.1 Å². The van der Waals surface area contributed by atoms with Crippen molar-refractivity contribution in [2.45, 2.75) is 32.8 Å². The fraction of sp³-hybridized carbons (Fsp3) is 0.280. The Hall–Kier alpha value is -3.22. The average Bonchev–Trinajstić information content (AvgIpc) is 2.78. The van der Waals surface area contributed by atoms with E-state index in [0.29, 0.717) is 0 Å². The predicted octanol–water partition coefficient (Wildman–Crippen LogP) is 7.03. The van der Waals surface area contributed by atoms with Crippen LogP contribution in [0.3, 0.4) is 0 Å². The molecule has 0 heterocycles.